The molecule has 0 heterocycles. The van der Waals surface area contributed by atoms with Gasteiger partial charge in [0.15, 0.2) is 0 Å². The van der Waals surface area contributed by atoms with Crippen LogP contribution in [0.15, 0.2) is 36.4 Å². The van der Waals surface area contributed by atoms with Crippen LogP contribution in [0.5, 0.6) is 0 Å². The quantitative estimate of drug-likeness (QED) is 0.603. The van der Waals surface area contributed by atoms with Crippen molar-refractivity contribution in [1.82, 2.24) is 5.32 Å². The number of allylic oxidation sites excluding steroid dienone is 1. The summed E-state index contributed by atoms with van der Waals surface area (Å²) >= 11 is 0. The van der Waals surface area contributed by atoms with Crippen LogP contribution < -0.4 is 5.32 Å². The first-order valence-corrected chi connectivity index (χ1v) is 5.62. The summed E-state index contributed by atoms with van der Waals surface area (Å²) in [4.78, 5) is 0. The van der Waals surface area contributed by atoms with Crippen molar-refractivity contribution in [2.75, 3.05) is 6.54 Å². The van der Waals surface area contributed by atoms with Gasteiger partial charge in [-0.25, -0.2) is 0 Å². The molecule has 1 aromatic rings. The zero-order valence-electron chi connectivity index (χ0n) is 9.90. The summed E-state index contributed by atoms with van der Waals surface area (Å²) in [6.07, 6.45) is 5.24. The predicted molar refractivity (Wildman–Crippen MR) is 67.0 cm³/mol. The average molecular weight is 214 g/mol. The first-order chi connectivity index (χ1) is 7.77. The topological polar surface area (TPSA) is 35.8 Å². The summed E-state index contributed by atoms with van der Waals surface area (Å²) in [6.45, 7) is 5.11. The van der Waals surface area contributed by atoms with Crippen LogP contribution in [0.1, 0.15) is 37.4 Å². The Morgan fingerprint density at radius 3 is 3.00 bits per heavy atom. The van der Waals surface area contributed by atoms with E-state index >= 15 is 0 Å². The second-order valence-corrected chi connectivity index (χ2v) is 3.77. The largest absolute Gasteiger partial charge is 0.310 e. The van der Waals surface area contributed by atoms with Crippen LogP contribution in [-0.4, -0.2) is 6.54 Å². The maximum absolute atomic E-state index is 8.81. The predicted octanol–water partition coefficient (Wildman–Crippen LogP) is 3.18. The molecule has 1 atom stereocenters. The highest BCUT2D eigenvalue weighted by atomic mass is 14.9. The summed E-state index contributed by atoms with van der Waals surface area (Å²) in [5.74, 6) is 0. The Labute approximate surface area is 97.6 Å². The second kappa shape index (κ2) is 6.81. The van der Waals surface area contributed by atoms with Gasteiger partial charge in [-0.05, 0) is 44.5 Å². The van der Waals surface area contributed by atoms with Crippen LogP contribution in [0.3, 0.4) is 0 Å². The van der Waals surface area contributed by atoms with Crippen molar-refractivity contribution in [3.8, 4) is 6.07 Å². The van der Waals surface area contributed by atoms with E-state index in [1.54, 1.807) is 0 Å². The fraction of sp³-hybridized carbons (Fsp3) is 0.357. The molecule has 0 aliphatic rings. The summed E-state index contributed by atoms with van der Waals surface area (Å²) in [5, 5.41) is 12.2. The van der Waals surface area contributed by atoms with E-state index in [0.717, 1.165) is 18.5 Å². The molecular formula is C14H18N2. The number of rotatable bonds is 5. The van der Waals surface area contributed by atoms with E-state index in [-0.39, 0.29) is 0 Å². The molecule has 0 bridgehead atoms. The Hall–Kier alpha value is -1.59. The lowest BCUT2D eigenvalue weighted by atomic mass is 10.1. The van der Waals surface area contributed by atoms with E-state index in [9.17, 15) is 0 Å². The molecular weight excluding hydrogens is 196 g/mol. The normalized spacial score (nSPS) is 12.6. The number of nitrogens with zero attached hydrogens (tertiary/aromatic N) is 1. The van der Waals surface area contributed by atoms with Crippen molar-refractivity contribution in [3.63, 3.8) is 0 Å². The number of hydrogen-bond donors (Lipinski definition) is 1. The fourth-order valence-electron chi connectivity index (χ4n) is 1.55. The molecule has 2 nitrogen and oxygen atoms in total. The molecule has 1 unspecified atom stereocenters. The Morgan fingerprint density at radius 2 is 2.31 bits per heavy atom. The van der Waals surface area contributed by atoms with Gasteiger partial charge < -0.3 is 5.32 Å². The van der Waals surface area contributed by atoms with Crippen LogP contribution in [-0.2, 0) is 0 Å². The van der Waals surface area contributed by atoms with Crippen molar-refractivity contribution in [3.05, 3.63) is 47.5 Å². The molecule has 1 aromatic carbocycles. The molecule has 0 radical (unpaired) electrons. The lowest BCUT2D eigenvalue weighted by Crippen LogP contribution is -2.19. The molecule has 84 valence electrons. The molecule has 2 heteroatoms. The van der Waals surface area contributed by atoms with E-state index in [1.165, 1.54) is 5.56 Å². The van der Waals surface area contributed by atoms with Crippen molar-refractivity contribution in [2.24, 2.45) is 0 Å². The van der Waals surface area contributed by atoms with E-state index in [4.69, 9.17) is 5.26 Å². The minimum absolute atomic E-state index is 0.290. The van der Waals surface area contributed by atoms with Crippen molar-refractivity contribution < 1.29 is 0 Å². The number of nitrogens with one attached hydrogen (secondary N) is 1. The van der Waals surface area contributed by atoms with Crippen LogP contribution >= 0.6 is 0 Å². The standard InChI is InChI=1S/C14H18N2/c1-3-4-5-9-16-12(2)14-8-6-7-13(10-14)11-15/h3-4,6-8,10,12,16H,5,9H2,1-2H3/b4-3+. The molecule has 0 aromatic heterocycles. The monoisotopic (exact) mass is 214 g/mol. The van der Waals surface area contributed by atoms with Crippen molar-refractivity contribution in [1.29, 1.82) is 5.26 Å². The summed E-state index contributed by atoms with van der Waals surface area (Å²) in [7, 11) is 0. The third-order valence-corrected chi connectivity index (χ3v) is 2.51. The van der Waals surface area contributed by atoms with Gasteiger partial charge in [0, 0.05) is 6.04 Å². The van der Waals surface area contributed by atoms with Crippen LogP contribution in [0.4, 0.5) is 0 Å². The molecule has 1 rings (SSSR count). The second-order valence-electron chi connectivity index (χ2n) is 3.77. The molecule has 0 fully saturated rings. The van der Waals surface area contributed by atoms with Gasteiger partial charge in [-0.1, -0.05) is 24.3 Å². The highest BCUT2D eigenvalue weighted by molar-refractivity contribution is 5.33. The zero-order valence-corrected chi connectivity index (χ0v) is 9.90. The van der Waals surface area contributed by atoms with Gasteiger partial charge in [-0.3, -0.25) is 0 Å². The SMILES string of the molecule is C/C=C/CCNC(C)c1cccc(C#N)c1. The van der Waals surface area contributed by atoms with Crippen molar-refractivity contribution in [2.45, 2.75) is 26.3 Å². The number of nitriles is 1. The molecule has 0 saturated carbocycles. The lowest BCUT2D eigenvalue weighted by molar-refractivity contribution is 0.581. The van der Waals surface area contributed by atoms with Crippen LogP contribution in [0.2, 0.25) is 0 Å². The Kier molecular flexibility index (Phi) is 5.31. The number of benzene rings is 1. The van der Waals surface area contributed by atoms with Gasteiger partial charge in [0.25, 0.3) is 0 Å². The van der Waals surface area contributed by atoms with Gasteiger partial charge in [0.2, 0.25) is 0 Å². The first-order valence-electron chi connectivity index (χ1n) is 5.62. The van der Waals surface area contributed by atoms with E-state index in [1.807, 2.05) is 31.2 Å². The van der Waals surface area contributed by atoms with Gasteiger partial charge in [-0.2, -0.15) is 5.26 Å². The summed E-state index contributed by atoms with van der Waals surface area (Å²) in [6, 6.07) is 10.2. The molecule has 0 amide bonds. The van der Waals surface area contributed by atoms with Gasteiger partial charge in [0.05, 0.1) is 11.6 Å². The zero-order chi connectivity index (χ0) is 11.8. The first kappa shape index (κ1) is 12.5. The highest BCUT2D eigenvalue weighted by Crippen LogP contribution is 2.13. The Bertz CT molecular complexity index is 388. The molecule has 16 heavy (non-hydrogen) atoms. The van der Waals surface area contributed by atoms with Crippen molar-refractivity contribution >= 4 is 0 Å². The maximum Gasteiger partial charge on any atom is 0.0991 e. The third-order valence-electron chi connectivity index (χ3n) is 2.51. The fourth-order valence-corrected chi connectivity index (χ4v) is 1.55. The summed E-state index contributed by atoms with van der Waals surface area (Å²) < 4.78 is 0. The maximum atomic E-state index is 8.81. The highest BCUT2D eigenvalue weighted by Gasteiger charge is 2.04. The molecule has 0 spiro atoms. The molecule has 1 N–H and O–H groups in total. The van der Waals surface area contributed by atoms with Crippen LogP contribution in [0, 0.1) is 11.3 Å². The number of hydrogen-bond acceptors (Lipinski definition) is 2. The van der Waals surface area contributed by atoms with Crippen LogP contribution in [0.25, 0.3) is 0 Å². The molecule has 0 saturated heterocycles. The minimum Gasteiger partial charge on any atom is -0.310 e. The minimum atomic E-state index is 0.290. The van der Waals surface area contributed by atoms with E-state index in [2.05, 4.69) is 30.5 Å². The summed E-state index contributed by atoms with van der Waals surface area (Å²) in [5.41, 5.74) is 1.89. The average Bonchev–Trinajstić information content (AvgIpc) is 2.34. The third kappa shape index (κ3) is 3.88. The van der Waals surface area contributed by atoms with E-state index in [0.29, 0.717) is 6.04 Å². The van der Waals surface area contributed by atoms with Gasteiger partial charge in [-0.15, -0.1) is 0 Å². The Balaban J connectivity index is 2.52. The van der Waals surface area contributed by atoms with Gasteiger partial charge in [0.1, 0.15) is 0 Å². The molecule has 0 aliphatic heterocycles. The smallest absolute Gasteiger partial charge is 0.0991 e. The van der Waals surface area contributed by atoms with E-state index < -0.39 is 0 Å². The Morgan fingerprint density at radius 1 is 1.50 bits per heavy atom. The molecule has 0 aliphatic carbocycles. The van der Waals surface area contributed by atoms with Gasteiger partial charge >= 0.3 is 0 Å². The lowest BCUT2D eigenvalue weighted by Gasteiger charge is -2.13.